The van der Waals surface area contributed by atoms with Gasteiger partial charge in [-0.05, 0) is 23.8 Å². The number of nitro benzene ring substituents is 1. The van der Waals surface area contributed by atoms with E-state index in [0.29, 0.717) is 30.9 Å². The number of methoxy groups -OCH3 is 1. The van der Waals surface area contributed by atoms with Crippen molar-refractivity contribution in [3.8, 4) is 5.75 Å². The van der Waals surface area contributed by atoms with Crippen LogP contribution in [0.15, 0.2) is 42.5 Å². The number of non-ortho nitro benzene ring substituents is 1. The summed E-state index contributed by atoms with van der Waals surface area (Å²) in [6.45, 7) is 1.36. The van der Waals surface area contributed by atoms with Gasteiger partial charge in [0.25, 0.3) is 5.69 Å². The van der Waals surface area contributed by atoms with Gasteiger partial charge < -0.3 is 14.5 Å². The van der Waals surface area contributed by atoms with Crippen molar-refractivity contribution >= 4 is 34.9 Å². The van der Waals surface area contributed by atoms with E-state index in [9.17, 15) is 24.5 Å². The molecule has 5 rings (SSSR count). The highest BCUT2D eigenvalue weighted by molar-refractivity contribution is 6.20. The molecule has 2 aromatic rings. The molecule has 0 aromatic heterocycles. The molecule has 0 radical (unpaired) electrons. The fourth-order valence-corrected chi connectivity index (χ4v) is 5.36. The number of nitrogens with one attached hydrogen (secondary N) is 1. The molecule has 3 aliphatic rings. The molecule has 34 heavy (non-hydrogen) atoms. The van der Waals surface area contributed by atoms with E-state index in [-0.39, 0.29) is 12.1 Å². The summed E-state index contributed by atoms with van der Waals surface area (Å²) in [6, 6.07) is 10.6. The highest BCUT2D eigenvalue weighted by atomic mass is 16.6. The summed E-state index contributed by atoms with van der Waals surface area (Å²) in [5, 5.41) is 13.7. The molecule has 3 aliphatic heterocycles. The first-order chi connectivity index (χ1) is 16.3. The van der Waals surface area contributed by atoms with Gasteiger partial charge in [-0.25, -0.2) is 4.79 Å². The Morgan fingerprint density at radius 2 is 1.88 bits per heavy atom. The third-order valence-electron chi connectivity index (χ3n) is 7.04. The summed E-state index contributed by atoms with van der Waals surface area (Å²) in [4.78, 5) is 55.1. The first-order valence-corrected chi connectivity index (χ1v) is 10.8. The second kappa shape index (κ2) is 7.72. The Bertz CT molecular complexity index is 1230. The summed E-state index contributed by atoms with van der Waals surface area (Å²) in [7, 11) is 2.92. The number of nitrogens with zero attached hydrogens (tertiary/aromatic N) is 4. The topological polar surface area (TPSA) is 125 Å². The van der Waals surface area contributed by atoms with Crippen molar-refractivity contribution < 1.29 is 24.0 Å². The standard InChI is InChI=1S/C23H23N5O6/c1-25-21(30)23(20(29)24-22(25)31)12-14-11-15(28(32)33)7-8-16(14)27-10-9-26(13-19(23)27)17-5-3-4-6-18(17)34-2/h3-8,11,19H,9-10,12-13H2,1-2H3,(H,24,29,31). The number of hydrogen-bond donors (Lipinski definition) is 1. The number of urea groups is 1. The molecule has 2 fully saturated rings. The van der Waals surface area contributed by atoms with Gasteiger partial charge in [-0.3, -0.25) is 29.9 Å². The smallest absolute Gasteiger partial charge is 0.330 e. The number of benzene rings is 2. The normalized spacial score (nSPS) is 24.0. The predicted octanol–water partition coefficient (Wildman–Crippen LogP) is 1.55. The molecule has 2 unspecified atom stereocenters. The highest BCUT2D eigenvalue weighted by Crippen LogP contribution is 2.47. The zero-order valence-corrected chi connectivity index (χ0v) is 18.7. The Labute approximate surface area is 195 Å². The van der Waals surface area contributed by atoms with Gasteiger partial charge in [0, 0.05) is 50.9 Å². The maximum Gasteiger partial charge on any atom is 0.330 e. The number of piperazine rings is 1. The van der Waals surface area contributed by atoms with Gasteiger partial charge in [0.15, 0.2) is 5.41 Å². The second-order valence-electron chi connectivity index (χ2n) is 8.67. The lowest BCUT2D eigenvalue weighted by Crippen LogP contribution is -2.74. The fourth-order valence-electron chi connectivity index (χ4n) is 5.36. The van der Waals surface area contributed by atoms with Crippen molar-refractivity contribution in [2.45, 2.75) is 12.5 Å². The fraction of sp³-hybridized carbons (Fsp3) is 0.348. The number of imide groups is 2. The van der Waals surface area contributed by atoms with Gasteiger partial charge >= 0.3 is 6.03 Å². The highest BCUT2D eigenvalue weighted by Gasteiger charge is 2.62. The summed E-state index contributed by atoms with van der Waals surface area (Å²) in [5.41, 5.74) is 0.380. The second-order valence-corrected chi connectivity index (χ2v) is 8.67. The number of hydrogen-bond acceptors (Lipinski definition) is 8. The van der Waals surface area contributed by atoms with Crippen LogP contribution in [0.4, 0.5) is 21.9 Å². The number of carbonyl (C=O) groups is 3. The van der Waals surface area contributed by atoms with E-state index in [1.807, 2.05) is 29.2 Å². The van der Waals surface area contributed by atoms with Gasteiger partial charge in [0.05, 0.1) is 23.8 Å². The summed E-state index contributed by atoms with van der Waals surface area (Å²) >= 11 is 0. The van der Waals surface area contributed by atoms with E-state index in [1.54, 1.807) is 13.2 Å². The van der Waals surface area contributed by atoms with Gasteiger partial charge in [-0.2, -0.15) is 0 Å². The van der Waals surface area contributed by atoms with E-state index in [2.05, 4.69) is 10.2 Å². The predicted molar refractivity (Wildman–Crippen MR) is 122 cm³/mol. The Balaban J connectivity index is 1.65. The van der Waals surface area contributed by atoms with Crippen LogP contribution in [0.5, 0.6) is 5.75 Å². The lowest BCUT2D eigenvalue weighted by atomic mass is 9.67. The van der Waals surface area contributed by atoms with Crippen LogP contribution >= 0.6 is 0 Å². The maximum absolute atomic E-state index is 13.6. The van der Waals surface area contributed by atoms with Crippen molar-refractivity contribution in [3.05, 3.63) is 58.1 Å². The van der Waals surface area contributed by atoms with Crippen LogP contribution in [-0.2, 0) is 16.0 Å². The number of rotatable bonds is 3. The molecular formula is C23H23N5O6. The molecule has 2 saturated heterocycles. The average molecular weight is 465 g/mol. The first kappa shape index (κ1) is 21.7. The molecule has 2 atom stereocenters. The van der Waals surface area contributed by atoms with Crippen LogP contribution in [-0.4, -0.2) is 67.5 Å². The quantitative estimate of drug-likeness (QED) is 0.411. The number of ether oxygens (including phenoxy) is 1. The van der Waals surface area contributed by atoms with Crippen molar-refractivity contribution in [2.75, 3.05) is 43.6 Å². The van der Waals surface area contributed by atoms with E-state index < -0.39 is 34.2 Å². The van der Waals surface area contributed by atoms with Crippen LogP contribution in [0.25, 0.3) is 0 Å². The van der Waals surface area contributed by atoms with E-state index in [1.165, 1.54) is 19.2 Å². The van der Waals surface area contributed by atoms with Crippen LogP contribution in [0.1, 0.15) is 5.56 Å². The zero-order valence-electron chi connectivity index (χ0n) is 18.7. The van der Waals surface area contributed by atoms with Crippen LogP contribution in [0.2, 0.25) is 0 Å². The summed E-state index contributed by atoms with van der Waals surface area (Å²) in [6.07, 6.45) is -0.0484. The van der Waals surface area contributed by atoms with Crippen molar-refractivity contribution in [1.29, 1.82) is 0 Å². The number of anilines is 2. The van der Waals surface area contributed by atoms with Gasteiger partial charge in [-0.1, -0.05) is 12.1 Å². The molecule has 2 aromatic carbocycles. The molecule has 1 N–H and O–H groups in total. The summed E-state index contributed by atoms with van der Waals surface area (Å²) in [5.74, 6) is -0.631. The first-order valence-electron chi connectivity index (χ1n) is 10.8. The third kappa shape index (κ3) is 3.00. The molecule has 3 heterocycles. The molecule has 0 saturated carbocycles. The molecule has 4 amide bonds. The number of fused-ring (bicyclic) bond motifs is 4. The zero-order chi connectivity index (χ0) is 24.2. The minimum atomic E-state index is -1.62. The minimum absolute atomic E-state index is 0.0484. The van der Waals surface area contributed by atoms with E-state index in [0.717, 1.165) is 16.3 Å². The van der Waals surface area contributed by atoms with E-state index in [4.69, 9.17) is 4.74 Å². The number of nitro groups is 1. The van der Waals surface area contributed by atoms with Crippen LogP contribution in [0.3, 0.4) is 0 Å². The lowest BCUT2D eigenvalue weighted by molar-refractivity contribution is -0.384. The molecule has 1 spiro atoms. The van der Waals surface area contributed by atoms with Crippen LogP contribution < -0.4 is 19.9 Å². The Hall–Kier alpha value is -4.15. The minimum Gasteiger partial charge on any atom is -0.495 e. The number of para-hydroxylation sites is 2. The van der Waals surface area contributed by atoms with Crippen molar-refractivity contribution in [1.82, 2.24) is 10.2 Å². The van der Waals surface area contributed by atoms with Crippen molar-refractivity contribution in [3.63, 3.8) is 0 Å². The van der Waals surface area contributed by atoms with Gasteiger partial charge in [0.1, 0.15) is 5.75 Å². The molecule has 11 heteroatoms. The Kier molecular flexibility index (Phi) is 4.92. The number of barbiturate groups is 1. The number of amides is 4. The molecule has 11 nitrogen and oxygen atoms in total. The molecule has 0 bridgehead atoms. The Morgan fingerprint density at radius 1 is 1.12 bits per heavy atom. The van der Waals surface area contributed by atoms with E-state index >= 15 is 0 Å². The largest absolute Gasteiger partial charge is 0.495 e. The van der Waals surface area contributed by atoms with Crippen LogP contribution in [0, 0.1) is 15.5 Å². The molecular weight excluding hydrogens is 442 g/mol. The Morgan fingerprint density at radius 3 is 2.62 bits per heavy atom. The lowest BCUT2D eigenvalue weighted by Gasteiger charge is -2.55. The number of carbonyl (C=O) groups excluding carboxylic acids is 3. The van der Waals surface area contributed by atoms with Gasteiger partial charge in [0.2, 0.25) is 11.8 Å². The monoisotopic (exact) mass is 465 g/mol. The van der Waals surface area contributed by atoms with Crippen molar-refractivity contribution in [2.24, 2.45) is 5.41 Å². The average Bonchev–Trinajstić information content (AvgIpc) is 2.85. The molecule has 176 valence electrons. The maximum atomic E-state index is 13.6. The molecule has 0 aliphatic carbocycles. The summed E-state index contributed by atoms with van der Waals surface area (Å²) < 4.78 is 5.52. The SMILES string of the molecule is COc1ccccc1N1CCN2c3ccc([N+](=O)[O-])cc3CC3(C(=O)NC(=O)N(C)C3=O)C2C1. The third-order valence-corrected chi connectivity index (χ3v) is 7.04. The van der Waals surface area contributed by atoms with Gasteiger partial charge in [-0.15, -0.1) is 0 Å².